The highest BCUT2D eigenvalue weighted by molar-refractivity contribution is 6.09. The van der Waals surface area contributed by atoms with Gasteiger partial charge in [-0.3, -0.25) is 0 Å². The predicted octanol–water partition coefficient (Wildman–Crippen LogP) is 5.96. The van der Waals surface area contributed by atoms with E-state index in [1.165, 1.54) is 0 Å². The van der Waals surface area contributed by atoms with Crippen LogP contribution in [0.1, 0.15) is 45.1 Å². The Balaban J connectivity index is 2.41. The van der Waals surface area contributed by atoms with Gasteiger partial charge in [-0.05, 0) is 30.5 Å². The van der Waals surface area contributed by atoms with E-state index in [0.29, 0.717) is 5.75 Å². The van der Waals surface area contributed by atoms with Crippen LogP contribution in [-0.4, -0.2) is 7.11 Å². The van der Waals surface area contributed by atoms with Crippen LogP contribution in [0.25, 0.3) is 21.9 Å². The summed E-state index contributed by atoms with van der Waals surface area (Å²) in [5, 5.41) is 12.1. The largest absolute Gasteiger partial charge is 0.493 e. The van der Waals surface area contributed by atoms with E-state index in [1.54, 1.807) is 7.11 Å². The van der Waals surface area contributed by atoms with Gasteiger partial charge in [0, 0.05) is 10.8 Å². The zero-order valence-corrected chi connectivity index (χ0v) is 14.6. The van der Waals surface area contributed by atoms with Crippen molar-refractivity contribution in [3.05, 3.63) is 42.0 Å². The van der Waals surface area contributed by atoms with Crippen LogP contribution in [0.2, 0.25) is 0 Å². The molecule has 0 aliphatic carbocycles. The maximum Gasteiger partial charge on any atom is 0.177 e. The molecule has 2 aromatic carbocycles. The standard InChI is InChI=1S/C21H23NO2/c1-4-12-21(14-22,13-5-2)16-10-11-18(23-3)20-19(16)15-8-6-7-9-17(15)24-20/h6-11H,4-5,12-13H2,1-3H3. The van der Waals surface area contributed by atoms with E-state index in [4.69, 9.17) is 9.15 Å². The van der Waals surface area contributed by atoms with E-state index in [2.05, 4.69) is 32.0 Å². The molecule has 124 valence electrons. The molecule has 0 aliphatic rings. The molecule has 3 aromatic rings. The molecule has 3 heteroatoms. The second-order valence-electron chi connectivity index (χ2n) is 6.31. The molecule has 0 unspecified atom stereocenters. The van der Waals surface area contributed by atoms with Crippen LogP contribution in [0.4, 0.5) is 0 Å². The Labute approximate surface area is 142 Å². The van der Waals surface area contributed by atoms with Crippen LogP contribution in [0.5, 0.6) is 5.75 Å². The van der Waals surface area contributed by atoms with Crippen LogP contribution in [0, 0.1) is 11.3 Å². The smallest absolute Gasteiger partial charge is 0.177 e. The predicted molar refractivity (Wildman–Crippen MR) is 97.4 cm³/mol. The molecule has 0 atom stereocenters. The van der Waals surface area contributed by atoms with Gasteiger partial charge in [-0.25, -0.2) is 0 Å². The summed E-state index contributed by atoms with van der Waals surface area (Å²) >= 11 is 0. The fourth-order valence-corrected chi connectivity index (χ4v) is 3.78. The van der Waals surface area contributed by atoms with Crippen LogP contribution in [0.15, 0.2) is 40.8 Å². The Bertz CT molecular complexity index is 895. The van der Waals surface area contributed by atoms with Crippen molar-refractivity contribution in [1.29, 1.82) is 5.26 Å². The van der Waals surface area contributed by atoms with Crippen LogP contribution < -0.4 is 4.74 Å². The van der Waals surface area contributed by atoms with Crippen molar-refractivity contribution in [2.24, 2.45) is 0 Å². The third-order valence-electron chi connectivity index (χ3n) is 4.79. The van der Waals surface area contributed by atoms with Gasteiger partial charge in [0.25, 0.3) is 0 Å². The topological polar surface area (TPSA) is 46.2 Å². The molecule has 0 saturated heterocycles. The molecular formula is C21H23NO2. The number of nitrogens with zero attached hydrogens (tertiary/aromatic N) is 1. The molecule has 0 bridgehead atoms. The third-order valence-corrected chi connectivity index (χ3v) is 4.79. The van der Waals surface area contributed by atoms with E-state index in [0.717, 1.165) is 53.2 Å². The summed E-state index contributed by atoms with van der Waals surface area (Å²) in [6, 6.07) is 14.6. The van der Waals surface area contributed by atoms with Gasteiger partial charge >= 0.3 is 0 Å². The summed E-state index contributed by atoms with van der Waals surface area (Å²) in [7, 11) is 1.65. The summed E-state index contributed by atoms with van der Waals surface area (Å²) in [5.74, 6) is 0.713. The zero-order valence-electron chi connectivity index (χ0n) is 14.6. The fourth-order valence-electron chi connectivity index (χ4n) is 3.78. The molecule has 0 radical (unpaired) electrons. The van der Waals surface area contributed by atoms with Crippen molar-refractivity contribution >= 4 is 21.9 Å². The molecule has 3 rings (SSSR count). The Hall–Kier alpha value is -2.47. The molecule has 0 N–H and O–H groups in total. The number of ether oxygens (including phenoxy) is 1. The summed E-state index contributed by atoms with van der Waals surface area (Å²) in [5.41, 5.74) is 2.15. The summed E-state index contributed by atoms with van der Waals surface area (Å²) in [6.45, 7) is 4.27. The Morgan fingerprint density at radius 2 is 1.79 bits per heavy atom. The number of methoxy groups -OCH3 is 1. The summed E-state index contributed by atoms with van der Waals surface area (Å²) in [6.07, 6.45) is 3.63. The minimum absolute atomic E-state index is 0.485. The first kappa shape index (κ1) is 16.4. The van der Waals surface area contributed by atoms with Gasteiger partial charge in [-0.1, -0.05) is 51.0 Å². The van der Waals surface area contributed by atoms with E-state index in [-0.39, 0.29) is 0 Å². The Morgan fingerprint density at radius 3 is 2.42 bits per heavy atom. The number of para-hydroxylation sites is 1. The van der Waals surface area contributed by atoms with Gasteiger partial charge < -0.3 is 9.15 Å². The quantitative estimate of drug-likeness (QED) is 0.563. The zero-order chi connectivity index (χ0) is 17.2. The Morgan fingerprint density at radius 1 is 1.08 bits per heavy atom. The monoisotopic (exact) mass is 321 g/mol. The van der Waals surface area contributed by atoms with E-state index >= 15 is 0 Å². The first-order valence-corrected chi connectivity index (χ1v) is 8.60. The van der Waals surface area contributed by atoms with E-state index in [1.807, 2.05) is 24.3 Å². The average Bonchev–Trinajstić information content (AvgIpc) is 3.00. The number of rotatable bonds is 6. The second kappa shape index (κ2) is 6.57. The lowest BCUT2D eigenvalue weighted by atomic mass is 9.73. The molecular weight excluding hydrogens is 298 g/mol. The SMILES string of the molecule is CCCC(C#N)(CCC)c1ccc(OC)c2oc3ccccc3c12. The fraction of sp³-hybridized carbons (Fsp3) is 0.381. The minimum atomic E-state index is -0.485. The van der Waals surface area contributed by atoms with Crippen LogP contribution >= 0.6 is 0 Å². The minimum Gasteiger partial charge on any atom is -0.493 e. The van der Waals surface area contributed by atoms with Gasteiger partial charge in [0.2, 0.25) is 0 Å². The van der Waals surface area contributed by atoms with Gasteiger partial charge in [0.1, 0.15) is 5.58 Å². The Kier molecular flexibility index (Phi) is 4.49. The highest BCUT2D eigenvalue weighted by Gasteiger charge is 2.34. The average molecular weight is 321 g/mol. The first-order chi connectivity index (χ1) is 11.7. The molecule has 0 fully saturated rings. The molecule has 1 aromatic heterocycles. The van der Waals surface area contributed by atoms with Crippen molar-refractivity contribution in [3.63, 3.8) is 0 Å². The number of furan rings is 1. The first-order valence-electron chi connectivity index (χ1n) is 8.60. The number of fused-ring (bicyclic) bond motifs is 3. The lowest BCUT2D eigenvalue weighted by Crippen LogP contribution is -2.24. The van der Waals surface area contributed by atoms with Gasteiger partial charge in [-0.2, -0.15) is 5.26 Å². The van der Waals surface area contributed by atoms with Gasteiger partial charge in [0.15, 0.2) is 11.3 Å². The van der Waals surface area contributed by atoms with Crippen molar-refractivity contribution in [2.75, 3.05) is 7.11 Å². The normalized spacial score (nSPS) is 11.8. The number of benzene rings is 2. The maximum atomic E-state index is 10.1. The number of hydrogen-bond donors (Lipinski definition) is 0. The van der Waals surface area contributed by atoms with E-state index < -0.39 is 5.41 Å². The molecule has 0 saturated carbocycles. The van der Waals surface area contributed by atoms with Crippen molar-refractivity contribution in [1.82, 2.24) is 0 Å². The highest BCUT2D eigenvalue weighted by Crippen LogP contribution is 2.44. The molecule has 24 heavy (non-hydrogen) atoms. The molecule has 0 amide bonds. The number of nitriles is 1. The van der Waals surface area contributed by atoms with Crippen molar-refractivity contribution in [3.8, 4) is 11.8 Å². The van der Waals surface area contributed by atoms with Crippen LogP contribution in [-0.2, 0) is 5.41 Å². The van der Waals surface area contributed by atoms with Crippen molar-refractivity contribution in [2.45, 2.75) is 44.9 Å². The van der Waals surface area contributed by atoms with Gasteiger partial charge in [0.05, 0.1) is 18.6 Å². The third kappa shape index (κ3) is 2.43. The summed E-state index contributed by atoms with van der Waals surface area (Å²) in [4.78, 5) is 0. The van der Waals surface area contributed by atoms with Gasteiger partial charge in [-0.15, -0.1) is 0 Å². The lowest BCUT2D eigenvalue weighted by molar-refractivity contribution is 0.410. The molecule has 1 heterocycles. The molecule has 3 nitrogen and oxygen atoms in total. The highest BCUT2D eigenvalue weighted by atomic mass is 16.5. The lowest BCUT2D eigenvalue weighted by Gasteiger charge is -2.27. The maximum absolute atomic E-state index is 10.1. The van der Waals surface area contributed by atoms with Crippen molar-refractivity contribution < 1.29 is 9.15 Å². The molecule has 0 aliphatic heterocycles. The second-order valence-corrected chi connectivity index (χ2v) is 6.31. The molecule has 0 spiro atoms. The summed E-state index contributed by atoms with van der Waals surface area (Å²) < 4.78 is 11.6. The van der Waals surface area contributed by atoms with Crippen LogP contribution in [0.3, 0.4) is 0 Å². The number of hydrogen-bond acceptors (Lipinski definition) is 3. The van der Waals surface area contributed by atoms with E-state index in [9.17, 15) is 5.26 Å².